The van der Waals surface area contributed by atoms with E-state index in [1.807, 2.05) is 18.2 Å². The molecule has 3 nitrogen and oxygen atoms in total. The van der Waals surface area contributed by atoms with Crippen LogP contribution in [0.1, 0.15) is 12.8 Å². The predicted octanol–water partition coefficient (Wildman–Crippen LogP) is 2.40. The van der Waals surface area contributed by atoms with Crippen molar-refractivity contribution < 1.29 is 4.21 Å². The van der Waals surface area contributed by atoms with Gasteiger partial charge in [0.15, 0.2) is 4.34 Å². The van der Waals surface area contributed by atoms with E-state index in [4.69, 9.17) is 5.73 Å². The fraction of sp³-hybridized carbons (Fsp3) is 0.364. The molecule has 1 aliphatic carbocycles. The smallest absolute Gasteiger partial charge is 0.181 e. The molecule has 5 heteroatoms. The number of nitrogen functional groups attached to an aromatic ring is 1. The van der Waals surface area contributed by atoms with Crippen molar-refractivity contribution in [1.82, 2.24) is 4.98 Å². The zero-order chi connectivity index (χ0) is 11.1. The lowest BCUT2D eigenvalue weighted by Crippen LogP contribution is -1.98. The summed E-state index contributed by atoms with van der Waals surface area (Å²) in [5.41, 5.74) is 7.34. The molecule has 2 aromatic rings. The highest BCUT2D eigenvalue weighted by Gasteiger charge is 2.25. The summed E-state index contributed by atoms with van der Waals surface area (Å²) in [4.78, 5) is 4.40. The van der Waals surface area contributed by atoms with Crippen LogP contribution in [0.5, 0.6) is 0 Å². The van der Waals surface area contributed by atoms with Gasteiger partial charge in [-0.2, -0.15) is 0 Å². The molecule has 1 saturated carbocycles. The molecular weight excluding hydrogens is 240 g/mol. The van der Waals surface area contributed by atoms with E-state index in [1.54, 1.807) is 0 Å². The first-order valence-corrected chi connectivity index (χ1v) is 7.40. The Morgan fingerprint density at radius 3 is 3.06 bits per heavy atom. The number of benzene rings is 1. The molecule has 1 aliphatic rings. The largest absolute Gasteiger partial charge is 0.399 e. The Morgan fingerprint density at radius 2 is 2.31 bits per heavy atom. The highest BCUT2D eigenvalue weighted by molar-refractivity contribution is 7.87. The minimum absolute atomic E-state index is 0.665. The second-order valence-corrected chi connectivity index (χ2v) is 6.86. The second-order valence-electron chi connectivity index (χ2n) is 4.16. The van der Waals surface area contributed by atoms with Crippen LogP contribution in [-0.4, -0.2) is 14.9 Å². The molecule has 2 N–H and O–H groups in total. The van der Waals surface area contributed by atoms with Gasteiger partial charge in [-0.3, -0.25) is 4.21 Å². The number of hydrogen-bond acceptors (Lipinski definition) is 4. The summed E-state index contributed by atoms with van der Waals surface area (Å²) in [6, 6.07) is 5.61. The molecule has 0 spiro atoms. The first-order valence-electron chi connectivity index (χ1n) is 5.27. The summed E-state index contributed by atoms with van der Waals surface area (Å²) < 4.78 is 13.7. The number of nitrogens with zero attached hydrogens (tertiary/aromatic N) is 1. The lowest BCUT2D eigenvalue weighted by molar-refractivity contribution is 0.679. The van der Waals surface area contributed by atoms with Crippen molar-refractivity contribution >= 4 is 38.0 Å². The average molecular weight is 252 g/mol. The third kappa shape index (κ3) is 1.97. The van der Waals surface area contributed by atoms with Crippen LogP contribution in [-0.2, 0) is 10.8 Å². The molecule has 1 fully saturated rings. The molecule has 0 amide bonds. The highest BCUT2D eigenvalue weighted by atomic mass is 32.2. The molecule has 1 aromatic carbocycles. The van der Waals surface area contributed by atoms with Crippen LogP contribution in [0.25, 0.3) is 10.2 Å². The minimum Gasteiger partial charge on any atom is -0.399 e. The lowest BCUT2D eigenvalue weighted by Gasteiger charge is -1.93. The summed E-state index contributed by atoms with van der Waals surface area (Å²) in [7, 11) is -0.924. The number of fused-ring (bicyclic) bond motifs is 1. The molecule has 1 unspecified atom stereocenters. The van der Waals surface area contributed by atoms with Gasteiger partial charge in [-0.05, 0) is 37.0 Å². The molecular formula is C11H12N2OS2. The van der Waals surface area contributed by atoms with Crippen molar-refractivity contribution in [3.05, 3.63) is 18.2 Å². The molecule has 0 bridgehead atoms. The third-order valence-electron chi connectivity index (χ3n) is 2.67. The molecule has 1 heterocycles. The summed E-state index contributed by atoms with van der Waals surface area (Å²) in [5.74, 6) is 1.44. The third-order valence-corrected chi connectivity index (χ3v) is 5.55. The molecule has 3 rings (SSSR count). The maximum absolute atomic E-state index is 12.0. The molecule has 0 aliphatic heterocycles. The zero-order valence-electron chi connectivity index (χ0n) is 8.68. The molecule has 0 saturated heterocycles. The van der Waals surface area contributed by atoms with Crippen LogP contribution in [0.2, 0.25) is 0 Å². The molecule has 16 heavy (non-hydrogen) atoms. The Kier molecular flexibility index (Phi) is 2.44. The number of hydrogen-bond donors (Lipinski definition) is 1. The molecule has 84 valence electrons. The maximum atomic E-state index is 12.0. The van der Waals surface area contributed by atoms with Gasteiger partial charge in [0, 0.05) is 11.4 Å². The first-order chi connectivity index (χ1) is 7.72. The summed E-state index contributed by atoms with van der Waals surface area (Å²) in [6.45, 7) is 0. The van der Waals surface area contributed by atoms with E-state index < -0.39 is 10.8 Å². The Hall–Kier alpha value is -0.940. The van der Waals surface area contributed by atoms with Crippen LogP contribution in [0.4, 0.5) is 5.69 Å². The van der Waals surface area contributed by atoms with Gasteiger partial charge in [-0.1, -0.05) is 0 Å². The fourth-order valence-electron chi connectivity index (χ4n) is 1.59. The quantitative estimate of drug-likeness (QED) is 0.853. The Morgan fingerprint density at radius 1 is 1.50 bits per heavy atom. The number of anilines is 1. The zero-order valence-corrected chi connectivity index (χ0v) is 10.3. The normalized spacial score (nSPS) is 17.8. The van der Waals surface area contributed by atoms with E-state index >= 15 is 0 Å². The molecule has 1 aromatic heterocycles. The van der Waals surface area contributed by atoms with E-state index in [-0.39, 0.29) is 0 Å². The van der Waals surface area contributed by atoms with Gasteiger partial charge in [-0.25, -0.2) is 4.98 Å². The van der Waals surface area contributed by atoms with Gasteiger partial charge in [-0.15, -0.1) is 11.3 Å². The van der Waals surface area contributed by atoms with Crippen LogP contribution in [0, 0.1) is 5.92 Å². The maximum Gasteiger partial charge on any atom is 0.181 e. The van der Waals surface area contributed by atoms with Gasteiger partial charge in [0.05, 0.1) is 21.0 Å². The fourth-order valence-corrected chi connectivity index (χ4v) is 4.28. The lowest BCUT2D eigenvalue weighted by atomic mass is 10.3. The van der Waals surface area contributed by atoms with Crippen LogP contribution in [0.3, 0.4) is 0 Å². The number of nitrogens with two attached hydrogens (primary N) is 1. The average Bonchev–Trinajstić information content (AvgIpc) is 2.95. The monoisotopic (exact) mass is 252 g/mol. The Balaban J connectivity index is 1.94. The highest BCUT2D eigenvalue weighted by Crippen LogP contribution is 2.33. The van der Waals surface area contributed by atoms with E-state index in [0.717, 1.165) is 26.0 Å². The Labute approximate surface area is 100 Å². The second kappa shape index (κ2) is 3.82. The van der Waals surface area contributed by atoms with Gasteiger partial charge < -0.3 is 5.73 Å². The van der Waals surface area contributed by atoms with Gasteiger partial charge in [0.25, 0.3) is 0 Å². The van der Waals surface area contributed by atoms with Crippen molar-refractivity contribution in [1.29, 1.82) is 0 Å². The van der Waals surface area contributed by atoms with E-state index in [9.17, 15) is 4.21 Å². The predicted molar refractivity (Wildman–Crippen MR) is 68.0 cm³/mol. The summed E-state index contributed by atoms with van der Waals surface area (Å²) >= 11 is 1.50. The minimum atomic E-state index is -0.924. The van der Waals surface area contributed by atoms with E-state index in [1.165, 1.54) is 24.2 Å². The number of thiazole rings is 1. The van der Waals surface area contributed by atoms with Crippen LogP contribution in [0.15, 0.2) is 22.5 Å². The summed E-state index contributed by atoms with van der Waals surface area (Å²) in [5, 5.41) is 0. The Bertz CT molecular complexity index is 560. The van der Waals surface area contributed by atoms with Crippen molar-refractivity contribution in [2.75, 3.05) is 11.5 Å². The molecule has 1 atom stereocenters. The van der Waals surface area contributed by atoms with Gasteiger partial charge in [0.1, 0.15) is 0 Å². The van der Waals surface area contributed by atoms with Gasteiger partial charge >= 0.3 is 0 Å². The van der Waals surface area contributed by atoms with Gasteiger partial charge in [0.2, 0.25) is 0 Å². The van der Waals surface area contributed by atoms with E-state index in [0.29, 0.717) is 5.92 Å². The number of rotatable bonds is 3. The van der Waals surface area contributed by atoms with Crippen LogP contribution < -0.4 is 5.73 Å². The van der Waals surface area contributed by atoms with Crippen molar-refractivity contribution in [2.45, 2.75) is 17.2 Å². The van der Waals surface area contributed by atoms with Crippen molar-refractivity contribution in [3.8, 4) is 0 Å². The van der Waals surface area contributed by atoms with E-state index in [2.05, 4.69) is 4.98 Å². The topological polar surface area (TPSA) is 56.0 Å². The molecule has 0 radical (unpaired) electrons. The van der Waals surface area contributed by atoms with Crippen LogP contribution >= 0.6 is 11.3 Å². The van der Waals surface area contributed by atoms with Crippen molar-refractivity contribution in [3.63, 3.8) is 0 Å². The standard InChI is InChI=1S/C11H12N2OS2/c12-8-3-4-9-10(5-8)15-11(13-9)16(14)6-7-1-2-7/h3-5,7H,1-2,6,12H2. The van der Waals surface area contributed by atoms with Crippen molar-refractivity contribution in [2.24, 2.45) is 5.92 Å². The first kappa shape index (κ1) is 10.2. The summed E-state index contributed by atoms with van der Waals surface area (Å²) in [6.07, 6.45) is 2.45. The number of aromatic nitrogens is 1. The SMILES string of the molecule is Nc1ccc2nc(S(=O)CC3CC3)sc2c1.